The van der Waals surface area contributed by atoms with Gasteiger partial charge in [-0.1, -0.05) is 35.5 Å². The minimum absolute atomic E-state index is 0.0545. The summed E-state index contributed by atoms with van der Waals surface area (Å²) in [5.74, 6) is -1.19. The van der Waals surface area contributed by atoms with E-state index in [0.29, 0.717) is 5.76 Å². The first-order valence-electron chi connectivity index (χ1n) is 7.01. The highest BCUT2D eigenvalue weighted by Crippen LogP contribution is 2.13. The number of aliphatic carboxylic acids is 1. The molecule has 0 bridgehead atoms. The minimum atomic E-state index is -1.08. The van der Waals surface area contributed by atoms with Gasteiger partial charge in [0.15, 0.2) is 11.5 Å². The number of carboxylic acids is 1. The fraction of sp³-hybridized carbons (Fsp3) is 0.312. The molecule has 1 atom stereocenters. The van der Waals surface area contributed by atoms with Gasteiger partial charge in [-0.15, -0.1) is 0 Å². The van der Waals surface area contributed by atoms with Gasteiger partial charge >= 0.3 is 5.97 Å². The number of carbonyl (C=O) groups is 2. The molecule has 2 aromatic rings. The van der Waals surface area contributed by atoms with E-state index in [9.17, 15) is 14.7 Å². The number of hydrogen-bond acceptors (Lipinski definition) is 5. The average molecular weight is 318 g/mol. The van der Waals surface area contributed by atoms with Gasteiger partial charge in [-0.3, -0.25) is 4.79 Å². The largest absolute Gasteiger partial charge is 0.480 e. The molecule has 1 N–H and O–H groups in total. The van der Waals surface area contributed by atoms with Crippen LogP contribution in [0.5, 0.6) is 0 Å². The fourth-order valence-corrected chi connectivity index (χ4v) is 2.17. The van der Waals surface area contributed by atoms with E-state index in [4.69, 9.17) is 9.26 Å². The molecule has 1 aromatic carbocycles. The van der Waals surface area contributed by atoms with Crippen LogP contribution in [0.4, 0.5) is 0 Å². The molecule has 1 amide bonds. The van der Waals surface area contributed by atoms with E-state index in [1.807, 2.05) is 30.3 Å². The first kappa shape index (κ1) is 16.7. The highest BCUT2D eigenvalue weighted by molar-refractivity contribution is 5.94. The Balaban J connectivity index is 2.14. The van der Waals surface area contributed by atoms with Crippen molar-refractivity contribution in [2.75, 3.05) is 14.2 Å². The summed E-state index contributed by atoms with van der Waals surface area (Å²) in [5, 5.41) is 13.1. The average Bonchev–Trinajstić information content (AvgIpc) is 3.01. The summed E-state index contributed by atoms with van der Waals surface area (Å²) in [5.41, 5.74) is 0.888. The van der Waals surface area contributed by atoms with E-state index < -0.39 is 17.9 Å². The van der Waals surface area contributed by atoms with Gasteiger partial charge in [0.25, 0.3) is 5.91 Å². The maximum Gasteiger partial charge on any atom is 0.326 e. The number of rotatable bonds is 7. The van der Waals surface area contributed by atoms with Crippen molar-refractivity contribution in [1.82, 2.24) is 10.1 Å². The van der Waals surface area contributed by atoms with Crippen LogP contribution in [0, 0.1) is 0 Å². The van der Waals surface area contributed by atoms with Crippen LogP contribution in [0.3, 0.4) is 0 Å². The number of carboxylic acid groups (broad SMARTS) is 1. The molecule has 0 fully saturated rings. The number of nitrogens with zero attached hydrogens (tertiary/aromatic N) is 2. The monoisotopic (exact) mass is 318 g/mol. The van der Waals surface area contributed by atoms with Crippen LogP contribution in [0.15, 0.2) is 40.9 Å². The van der Waals surface area contributed by atoms with E-state index in [1.165, 1.54) is 20.2 Å². The third kappa shape index (κ3) is 4.17. The number of methoxy groups -OCH3 is 1. The predicted octanol–water partition coefficient (Wildman–Crippen LogP) is 1.59. The smallest absolute Gasteiger partial charge is 0.326 e. The molecule has 0 aliphatic carbocycles. The Kier molecular flexibility index (Phi) is 5.48. The van der Waals surface area contributed by atoms with E-state index in [0.717, 1.165) is 10.5 Å². The van der Waals surface area contributed by atoms with Gasteiger partial charge in [0, 0.05) is 26.6 Å². The van der Waals surface area contributed by atoms with Crippen LogP contribution >= 0.6 is 0 Å². The molecule has 7 nitrogen and oxygen atoms in total. The van der Waals surface area contributed by atoms with E-state index in [2.05, 4.69) is 5.16 Å². The van der Waals surface area contributed by atoms with Crippen LogP contribution in [-0.4, -0.2) is 47.2 Å². The van der Waals surface area contributed by atoms with Crippen molar-refractivity contribution in [3.05, 3.63) is 53.4 Å². The lowest BCUT2D eigenvalue weighted by Crippen LogP contribution is -2.44. The van der Waals surface area contributed by atoms with Gasteiger partial charge in [-0.25, -0.2) is 4.79 Å². The molecule has 0 radical (unpaired) electrons. The number of carbonyl (C=O) groups excluding carboxylic acids is 1. The molecular weight excluding hydrogens is 300 g/mol. The zero-order chi connectivity index (χ0) is 16.8. The van der Waals surface area contributed by atoms with Gasteiger partial charge in [0.1, 0.15) is 12.6 Å². The minimum Gasteiger partial charge on any atom is -0.480 e. The van der Waals surface area contributed by atoms with Crippen molar-refractivity contribution in [1.29, 1.82) is 0 Å². The quantitative estimate of drug-likeness (QED) is 0.833. The Hall–Kier alpha value is -2.67. The summed E-state index contributed by atoms with van der Waals surface area (Å²) < 4.78 is 9.86. The Morgan fingerprint density at radius 2 is 2.04 bits per heavy atom. The molecule has 122 valence electrons. The van der Waals surface area contributed by atoms with Crippen molar-refractivity contribution < 1.29 is 24.0 Å². The van der Waals surface area contributed by atoms with Crippen molar-refractivity contribution in [3.63, 3.8) is 0 Å². The van der Waals surface area contributed by atoms with Gasteiger partial charge < -0.3 is 19.3 Å². The molecule has 1 unspecified atom stereocenters. The predicted molar refractivity (Wildman–Crippen MR) is 80.9 cm³/mol. The highest BCUT2D eigenvalue weighted by Gasteiger charge is 2.29. The first-order valence-corrected chi connectivity index (χ1v) is 7.01. The highest BCUT2D eigenvalue weighted by atomic mass is 16.5. The summed E-state index contributed by atoms with van der Waals surface area (Å²) >= 11 is 0. The van der Waals surface area contributed by atoms with Gasteiger partial charge in [-0.05, 0) is 5.56 Å². The van der Waals surface area contributed by atoms with Gasteiger partial charge in [0.2, 0.25) is 0 Å². The Labute approximate surface area is 133 Å². The van der Waals surface area contributed by atoms with Crippen LogP contribution in [0.25, 0.3) is 0 Å². The Morgan fingerprint density at radius 3 is 2.65 bits per heavy atom. The van der Waals surface area contributed by atoms with Crippen LogP contribution in [-0.2, 0) is 22.6 Å². The number of ether oxygens (including phenoxy) is 1. The summed E-state index contributed by atoms with van der Waals surface area (Å²) in [7, 11) is 2.94. The zero-order valence-electron chi connectivity index (χ0n) is 12.9. The molecule has 2 rings (SSSR count). The molecule has 1 heterocycles. The summed E-state index contributed by atoms with van der Waals surface area (Å²) in [6.07, 6.45) is 0.210. The van der Waals surface area contributed by atoms with Crippen molar-refractivity contribution in [2.45, 2.75) is 19.1 Å². The molecule has 0 saturated heterocycles. The molecule has 1 aromatic heterocycles. The maximum atomic E-state index is 12.4. The molecule has 7 heteroatoms. The van der Waals surface area contributed by atoms with Crippen LogP contribution in [0.1, 0.15) is 21.8 Å². The maximum absolute atomic E-state index is 12.4. The fourth-order valence-electron chi connectivity index (χ4n) is 2.17. The number of aromatic nitrogens is 1. The molecule has 23 heavy (non-hydrogen) atoms. The lowest BCUT2D eigenvalue weighted by Gasteiger charge is -2.24. The van der Waals surface area contributed by atoms with Gasteiger partial charge in [-0.2, -0.15) is 0 Å². The Bertz CT molecular complexity index is 668. The molecular formula is C16H18N2O5. The van der Waals surface area contributed by atoms with E-state index >= 15 is 0 Å². The Morgan fingerprint density at radius 1 is 1.35 bits per heavy atom. The summed E-state index contributed by atoms with van der Waals surface area (Å²) in [6, 6.07) is 9.59. The van der Waals surface area contributed by atoms with Gasteiger partial charge in [0.05, 0.1) is 0 Å². The third-order valence-corrected chi connectivity index (χ3v) is 3.41. The third-order valence-electron chi connectivity index (χ3n) is 3.41. The number of benzene rings is 1. The second-order valence-electron chi connectivity index (χ2n) is 5.07. The van der Waals surface area contributed by atoms with Crippen molar-refractivity contribution in [3.8, 4) is 0 Å². The second kappa shape index (κ2) is 7.55. The SMILES string of the molecule is COCc1cc(C(=O)N(C)C(Cc2ccccc2)C(=O)O)no1. The van der Waals surface area contributed by atoms with Crippen LogP contribution in [0.2, 0.25) is 0 Å². The van der Waals surface area contributed by atoms with E-state index in [-0.39, 0.29) is 18.7 Å². The molecule has 0 aliphatic heterocycles. The standard InChI is InChI=1S/C16H18N2O5/c1-18(15(19)13-9-12(10-22-2)23-17-13)14(16(20)21)8-11-6-4-3-5-7-11/h3-7,9,14H,8,10H2,1-2H3,(H,20,21). The normalized spacial score (nSPS) is 11.9. The number of likely N-dealkylation sites (N-methyl/N-ethyl adjacent to an activating group) is 1. The lowest BCUT2D eigenvalue weighted by molar-refractivity contribution is -0.141. The lowest BCUT2D eigenvalue weighted by atomic mass is 10.0. The molecule has 0 aliphatic rings. The second-order valence-corrected chi connectivity index (χ2v) is 5.07. The van der Waals surface area contributed by atoms with Crippen molar-refractivity contribution in [2.24, 2.45) is 0 Å². The van der Waals surface area contributed by atoms with E-state index in [1.54, 1.807) is 0 Å². The summed E-state index contributed by atoms with van der Waals surface area (Å²) in [6.45, 7) is 0.191. The van der Waals surface area contributed by atoms with Crippen molar-refractivity contribution >= 4 is 11.9 Å². The molecule has 0 spiro atoms. The number of hydrogen-bond donors (Lipinski definition) is 1. The number of amides is 1. The van der Waals surface area contributed by atoms with Crippen LogP contribution < -0.4 is 0 Å². The zero-order valence-corrected chi connectivity index (χ0v) is 12.9. The topological polar surface area (TPSA) is 92.9 Å². The first-order chi connectivity index (χ1) is 11.0. The molecule has 0 saturated carbocycles. The summed E-state index contributed by atoms with van der Waals surface area (Å²) in [4.78, 5) is 25.1.